The highest BCUT2D eigenvalue weighted by atomic mass is 16.2. The molecule has 1 fully saturated rings. The van der Waals surface area contributed by atoms with Crippen molar-refractivity contribution in [2.24, 2.45) is 0 Å². The van der Waals surface area contributed by atoms with Gasteiger partial charge >= 0.3 is 0 Å². The van der Waals surface area contributed by atoms with Crippen molar-refractivity contribution in [3.8, 4) is 0 Å². The number of benzene rings is 1. The molecule has 0 unspecified atom stereocenters. The topological polar surface area (TPSA) is 78.1 Å². The van der Waals surface area contributed by atoms with Gasteiger partial charge in [0, 0.05) is 24.5 Å². The van der Waals surface area contributed by atoms with Crippen LogP contribution in [0.25, 0.3) is 0 Å². The van der Waals surface area contributed by atoms with E-state index in [4.69, 9.17) is 0 Å². The largest absolute Gasteiger partial charge is 0.372 e. The zero-order valence-corrected chi connectivity index (χ0v) is 14.1. The number of rotatable bonds is 3. The molecule has 1 aromatic heterocycles. The zero-order chi connectivity index (χ0) is 17.1. The minimum atomic E-state index is -0.438. The molecule has 1 saturated heterocycles. The third-order valence-electron chi connectivity index (χ3n) is 4.29. The SMILES string of the molecule is Cc1nc(C)c(C(=O)Nc2ccc(N3CCCCC3)cc2)c(=O)[nH]1. The van der Waals surface area contributed by atoms with E-state index in [0.717, 1.165) is 13.1 Å². The van der Waals surface area contributed by atoms with Gasteiger partial charge in [-0.2, -0.15) is 0 Å². The fourth-order valence-electron chi connectivity index (χ4n) is 3.10. The Balaban J connectivity index is 1.74. The van der Waals surface area contributed by atoms with Crippen molar-refractivity contribution in [3.63, 3.8) is 0 Å². The highest BCUT2D eigenvalue weighted by molar-refractivity contribution is 6.04. The van der Waals surface area contributed by atoms with E-state index < -0.39 is 11.5 Å². The molecule has 0 spiro atoms. The number of aromatic amines is 1. The van der Waals surface area contributed by atoms with Gasteiger partial charge in [-0.3, -0.25) is 9.59 Å². The molecular weight excluding hydrogens is 304 g/mol. The highest BCUT2D eigenvalue weighted by Gasteiger charge is 2.16. The van der Waals surface area contributed by atoms with Gasteiger partial charge in [0.15, 0.2) is 0 Å². The Hall–Kier alpha value is -2.63. The van der Waals surface area contributed by atoms with Crippen LogP contribution in [0.5, 0.6) is 0 Å². The summed E-state index contributed by atoms with van der Waals surface area (Å²) in [5, 5.41) is 2.77. The summed E-state index contributed by atoms with van der Waals surface area (Å²) in [4.78, 5) is 33.4. The fraction of sp³-hybridized carbons (Fsp3) is 0.389. The Morgan fingerprint density at radius 1 is 1.12 bits per heavy atom. The summed E-state index contributed by atoms with van der Waals surface area (Å²) < 4.78 is 0. The van der Waals surface area contributed by atoms with Crippen molar-refractivity contribution in [3.05, 3.63) is 51.7 Å². The molecule has 24 heavy (non-hydrogen) atoms. The van der Waals surface area contributed by atoms with Crippen LogP contribution in [0.15, 0.2) is 29.1 Å². The predicted molar refractivity (Wildman–Crippen MR) is 94.8 cm³/mol. The molecule has 2 N–H and O–H groups in total. The molecule has 2 heterocycles. The number of piperidine rings is 1. The van der Waals surface area contributed by atoms with Crippen molar-refractivity contribution < 1.29 is 4.79 Å². The number of nitrogens with zero attached hydrogens (tertiary/aromatic N) is 2. The van der Waals surface area contributed by atoms with E-state index in [-0.39, 0.29) is 5.56 Å². The molecule has 0 bridgehead atoms. The second kappa shape index (κ2) is 6.86. The maximum atomic E-state index is 12.4. The lowest BCUT2D eigenvalue weighted by molar-refractivity contribution is 0.102. The van der Waals surface area contributed by atoms with Crippen LogP contribution in [0.2, 0.25) is 0 Å². The van der Waals surface area contributed by atoms with Crippen LogP contribution in [0.1, 0.15) is 41.1 Å². The van der Waals surface area contributed by atoms with Crippen molar-refractivity contribution in [1.29, 1.82) is 0 Å². The van der Waals surface area contributed by atoms with Gasteiger partial charge in [-0.25, -0.2) is 4.98 Å². The van der Waals surface area contributed by atoms with E-state index in [2.05, 4.69) is 20.2 Å². The number of hydrogen-bond donors (Lipinski definition) is 2. The molecule has 3 rings (SSSR count). The minimum absolute atomic E-state index is 0.0562. The quantitative estimate of drug-likeness (QED) is 0.909. The first-order chi connectivity index (χ1) is 11.5. The number of anilines is 2. The van der Waals surface area contributed by atoms with Crippen LogP contribution in [0.3, 0.4) is 0 Å². The van der Waals surface area contributed by atoms with Gasteiger partial charge in [-0.1, -0.05) is 0 Å². The number of H-pyrrole nitrogens is 1. The Bertz CT molecular complexity index is 790. The summed E-state index contributed by atoms with van der Waals surface area (Å²) in [6, 6.07) is 7.75. The lowest BCUT2D eigenvalue weighted by Crippen LogP contribution is -2.29. The standard InChI is InChI=1S/C18H22N4O2/c1-12-16(17(23)20-13(2)19-12)18(24)21-14-6-8-15(9-7-14)22-10-4-3-5-11-22/h6-9H,3-5,10-11H2,1-2H3,(H,21,24)(H,19,20,23). The van der Waals surface area contributed by atoms with E-state index in [9.17, 15) is 9.59 Å². The molecule has 1 aliphatic heterocycles. The second-order valence-corrected chi connectivity index (χ2v) is 6.16. The minimum Gasteiger partial charge on any atom is -0.372 e. The number of carbonyl (C=O) groups excluding carboxylic acids is 1. The number of nitrogens with one attached hydrogen (secondary N) is 2. The van der Waals surface area contributed by atoms with E-state index in [1.165, 1.54) is 24.9 Å². The summed E-state index contributed by atoms with van der Waals surface area (Å²) in [5.41, 5.74) is 1.90. The van der Waals surface area contributed by atoms with Gasteiger partial charge in [0.25, 0.3) is 11.5 Å². The number of carbonyl (C=O) groups is 1. The zero-order valence-electron chi connectivity index (χ0n) is 14.1. The predicted octanol–water partition coefficient (Wildman–Crippen LogP) is 2.63. The van der Waals surface area contributed by atoms with Crippen LogP contribution in [-0.2, 0) is 0 Å². The maximum absolute atomic E-state index is 12.4. The molecule has 0 aliphatic carbocycles. The second-order valence-electron chi connectivity index (χ2n) is 6.16. The molecule has 1 aromatic carbocycles. The average Bonchev–Trinajstić information content (AvgIpc) is 2.55. The Kier molecular flexibility index (Phi) is 4.64. The molecule has 126 valence electrons. The summed E-state index contributed by atoms with van der Waals surface area (Å²) >= 11 is 0. The lowest BCUT2D eigenvalue weighted by atomic mass is 10.1. The number of amides is 1. The molecule has 1 amide bonds. The van der Waals surface area contributed by atoms with E-state index in [1.54, 1.807) is 13.8 Å². The van der Waals surface area contributed by atoms with Crippen LogP contribution in [0.4, 0.5) is 11.4 Å². The van der Waals surface area contributed by atoms with Crippen molar-refractivity contribution in [2.45, 2.75) is 33.1 Å². The Morgan fingerprint density at radius 3 is 2.42 bits per heavy atom. The van der Waals surface area contributed by atoms with Gasteiger partial charge in [0.1, 0.15) is 11.4 Å². The van der Waals surface area contributed by atoms with E-state index >= 15 is 0 Å². The van der Waals surface area contributed by atoms with Gasteiger partial charge < -0.3 is 15.2 Å². The lowest BCUT2D eigenvalue weighted by Gasteiger charge is -2.28. The van der Waals surface area contributed by atoms with Crippen LogP contribution in [-0.4, -0.2) is 29.0 Å². The van der Waals surface area contributed by atoms with Crippen molar-refractivity contribution >= 4 is 17.3 Å². The van der Waals surface area contributed by atoms with E-state index in [0.29, 0.717) is 17.2 Å². The Labute approximate surface area is 140 Å². The van der Waals surface area contributed by atoms with Gasteiger partial charge in [0.2, 0.25) is 0 Å². The van der Waals surface area contributed by atoms with Crippen molar-refractivity contribution in [1.82, 2.24) is 9.97 Å². The van der Waals surface area contributed by atoms with E-state index in [1.807, 2.05) is 24.3 Å². The number of hydrogen-bond acceptors (Lipinski definition) is 4. The number of aromatic nitrogens is 2. The molecule has 2 aromatic rings. The summed E-state index contributed by atoms with van der Waals surface area (Å²) in [6.45, 7) is 5.51. The molecule has 0 atom stereocenters. The first kappa shape index (κ1) is 16.2. The maximum Gasteiger partial charge on any atom is 0.264 e. The fourth-order valence-corrected chi connectivity index (χ4v) is 3.10. The normalized spacial score (nSPS) is 14.5. The first-order valence-corrected chi connectivity index (χ1v) is 8.28. The average molecular weight is 326 g/mol. The Morgan fingerprint density at radius 2 is 1.79 bits per heavy atom. The molecule has 0 radical (unpaired) electrons. The number of aryl methyl sites for hydroxylation is 2. The first-order valence-electron chi connectivity index (χ1n) is 8.28. The molecule has 6 heteroatoms. The van der Waals surface area contributed by atoms with Gasteiger partial charge in [-0.05, 0) is 57.4 Å². The smallest absolute Gasteiger partial charge is 0.264 e. The highest BCUT2D eigenvalue weighted by Crippen LogP contribution is 2.22. The summed E-state index contributed by atoms with van der Waals surface area (Å²) in [7, 11) is 0. The van der Waals surface area contributed by atoms with Gasteiger partial charge in [0.05, 0.1) is 5.69 Å². The molecule has 0 saturated carbocycles. The van der Waals surface area contributed by atoms with Crippen molar-refractivity contribution in [2.75, 3.05) is 23.3 Å². The molecule has 1 aliphatic rings. The third kappa shape index (κ3) is 3.48. The molecule has 6 nitrogen and oxygen atoms in total. The monoisotopic (exact) mass is 326 g/mol. The molecular formula is C18H22N4O2. The van der Waals surface area contributed by atoms with Crippen LogP contribution < -0.4 is 15.8 Å². The van der Waals surface area contributed by atoms with Crippen LogP contribution >= 0.6 is 0 Å². The van der Waals surface area contributed by atoms with Gasteiger partial charge in [-0.15, -0.1) is 0 Å². The third-order valence-corrected chi connectivity index (χ3v) is 4.29. The summed E-state index contributed by atoms with van der Waals surface area (Å²) in [6.07, 6.45) is 3.74. The summed E-state index contributed by atoms with van der Waals surface area (Å²) in [5.74, 6) is 0.0620. The van der Waals surface area contributed by atoms with Crippen LogP contribution in [0, 0.1) is 13.8 Å².